The van der Waals surface area contributed by atoms with Crippen molar-refractivity contribution in [3.05, 3.63) is 47.7 Å². The van der Waals surface area contributed by atoms with Gasteiger partial charge in [-0.1, -0.05) is 30.3 Å². The minimum Gasteiger partial charge on any atom is -0.477 e. The molecule has 0 spiro atoms. The molecule has 1 heterocycles. The lowest BCUT2D eigenvalue weighted by Crippen LogP contribution is -2.65. The Hall–Kier alpha value is -4.62. The van der Waals surface area contributed by atoms with Crippen molar-refractivity contribution in [3.63, 3.8) is 0 Å². The molecule has 1 aliphatic heterocycles. The van der Waals surface area contributed by atoms with E-state index in [1.807, 2.05) is 18.2 Å². The number of carbonyl (C=O) groups is 6. The topological polar surface area (TPSA) is 185 Å². The number of benzene rings is 1. The number of esters is 4. The van der Waals surface area contributed by atoms with Gasteiger partial charge < -0.3 is 39.6 Å². The van der Waals surface area contributed by atoms with Crippen LogP contribution < -0.4 is 16.0 Å². The molecule has 0 saturated carbocycles. The molecule has 0 aromatic heterocycles. The van der Waals surface area contributed by atoms with Gasteiger partial charge in [-0.25, -0.2) is 9.59 Å². The van der Waals surface area contributed by atoms with Gasteiger partial charge in [0.15, 0.2) is 18.3 Å². The molecule has 3 N–H and O–H groups in total. The van der Waals surface area contributed by atoms with E-state index in [-0.39, 0.29) is 12.3 Å². The number of hydrogen-bond donors (Lipinski definition) is 3. The Morgan fingerprint density at radius 1 is 0.900 bits per heavy atom. The van der Waals surface area contributed by atoms with E-state index in [2.05, 4.69) is 16.0 Å². The van der Waals surface area contributed by atoms with Crippen LogP contribution in [-0.4, -0.2) is 79.9 Å². The van der Waals surface area contributed by atoms with Crippen molar-refractivity contribution in [2.45, 2.75) is 64.6 Å². The highest BCUT2D eigenvalue weighted by molar-refractivity contribution is 5.87. The van der Waals surface area contributed by atoms with Crippen LogP contribution in [0.4, 0.5) is 4.79 Å². The number of rotatable bonds is 11. The first-order valence-electron chi connectivity index (χ1n) is 12.2. The maximum Gasteiger partial charge on any atom is 0.373 e. The normalized spacial score (nSPS) is 19.3. The number of methoxy groups -OCH3 is 1. The van der Waals surface area contributed by atoms with E-state index in [4.69, 9.17) is 23.7 Å². The van der Waals surface area contributed by atoms with E-state index in [0.717, 1.165) is 33.4 Å². The maximum absolute atomic E-state index is 12.8. The second-order valence-electron chi connectivity index (χ2n) is 8.69. The van der Waals surface area contributed by atoms with Crippen LogP contribution in [0, 0.1) is 0 Å². The minimum absolute atomic E-state index is 0.171. The Morgan fingerprint density at radius 3 is 2.10 bits per heavy atom. The van der Waals surface area contributed by atoms with E-state index in [9.17, 15) is 28.8 Å². The van der Waals surface area contributed by atoms with Gasteiger partial charge in [0.05, 0.1) is 19.2 Å². The fourth-order valence-corrected chi connectivity index (χ4v) is 3.89. The number of ether oxygens (including phenoxy) is 5. The van der Waals surface area contributed by atoms with Crippen LogP contribution in [0.25, 0.3) is 0 Å². The third-order valence-electron chi connectivity index (χ3n) is 5.45. The predicted octanol–water partition coefficient (Wildman–Crippen LogP) is 0.241. The third kappa shape index (κ3) is 9.93. The zero-order valence-corrected chi connectivity index (χ0v) is 22.8. The van der Waals surface area contributed by atoms with E-state index in [1.54, 1.807) is 12.1 Å². The first-order chi connectivity index (χ1) is 18.9. The lowest BCUT2D eigenvalue weighted by atomic mass is 9.91. The smallest absolute Gasteiger partial charge is 0.373 e. The fraction of sp³-hybridized carbons (Fsp3) is 0.462. The number of nitrogens with one attached hydrogen (secondary N) is 3. The summed E-state index contributed by atoms with van der Waals surface area (Å²) in [6.45, 7) is 4.10. The first-order valence-corrected chi connectivity index (χ1v) is 12.2. The Kier molecular flexibility index (Phi) is 11.9. The van der Waals surface area contributed by atoms with Crippen molar-refractivity contribution < 1.29 is 52.5 Å². The molecular formula is C26H33N3O11. The summed E-state index contributed by atoms with van der Waals surface area (Å²) in [7, 11) is 1.10. The number of urea groups is 1. The van der Waals surface area contributed by atoms with Crippen LogP contribution in [0.5, 0.6) is 0 Å². The number of hydrogen-bond acceptors (Lipinski definition) is 11. The van der Waals surface area contributed by atoms with E-state index < -0.39 is 72.8 Å². The summed E-state index contributed by atoms with van der Waals surface area (Å²) in [5.41, 5.74) is 0.816. The van der Waals surface area contributed by atoms with Crippen LogP contribution in [0.3, 0.4) is 0 Å². The van der Waals surface area contributed by atoms with Gasteiger partial charge in [0.1, 0.15) is 6.61 Å². The molecule has 40 heavy (non-hydrogen) atoms. The second kappa shape index (κ2) is 15.1. The zero-order chi connectivity index (χ0) is 29.8. The molecule has 0 bridgehead atoms. The first kappa shape index (κ1) is 31.6. The maximum atomic E-state index is 12.8. The number of amides is 3. The summed E-state index contributed by atoms with van der Waals surface area (Å²) in [5.74, 6) is -4.24. The molecule has 0 radical (unpaired) electrons. The quantitative estimate of drug-likeness (QED) is 0.247. The average Bonchev–Trinajstić information content (AvgIpc) is 2.89. The Labute approximate surface area is 230 Å². The highest BCUT2D eigenvalue weighted by Gasteiger charge is 2.48. The summed E-state index contributed by atoms with van der Waals surface area (Å²) in [4.78, 5) is 73.0. The molecule has 0 unspecified atom stereocenters. The molecule has 218 valence electrons. The summed E-state index contributed by atoms with van der Waals surface area (Å²) < 4.78 is 26.3. The van der Waals surface area contributed by atoms with Crippen LogP contribution in [0.2, 0.25) is 0 Å². The van der Waals surface area contributed by atoms with Crippen molar-refractivity contribution in [2.24, 2.45) is 0 Å². The van der Waals surface area contributed by atoms with Gasteiger partial charge in [-0.15, -0.1) is 0 Å². The van der Waals surface area contributed by atoms with E-state index in [1.165, 1.54) is 13.0 Å². The van der Waals surface area contributed by atoms with Crippen molar-refractivity contribution in [3.8, 4) is 0 Å². The van der Waals surface area contributed by atoms with Gasteiger partial charge in [0, 0.05) is 34.2 Å². The average molecular weight is 564 g/mol. The predicted molar refractivity (Wildman–Crippen MR) is 136 cm³/mol. The van der Waals surface area contributed by atoms with Gasteiger partial charge in [0.25, 0.3) is 0 Å². The fourth-order valence-electron chi connectivity index (χ4n) is 3.89. The van der Waals surface area contributed by atoms with Crippen LogP contribution in [0.1, 0.15) is 33.3 Å². The highest BCUT2D eigenvalue weighted by atomic mass is 16.6. The molecule has 0 saturated heterocycles. The van der Waals surface area contributed by atoms with Crippen molar-refractivity contribution >= 4 is 35.8 Å². The molecule has 14 heteroatoms. The summed E-state index contributed by atoms with van der Waals surface area (Å²) >= 11 is 0. The lowest BCUT2D eigenvalue weighted by Gasteiger charge is -2.41. The SMILES string of the molecule is COC(=O)C1=C[C@H](NC(=O)NCc2ccccc2)[C@@H](NC(C)=O)[C@H]([C@H](OC(C)=O)[C@@H](COC(C)=O)OC(C)=O)O1. The Bertz CT molecular complexity index is 1120. The second-order valence-corrected chi connectivity index (χ2v) is 8.69. The van der Waals surface area contributed by atoms with Crippen LogP contribution in [-0.2, 0) is 54.2 Å². The van der Waals surface area contributed by atoms with Gasteiger partial charge in [0.2, 0.25) is 11.7 Å². The molecule has 3 amide bonds. The Balaban J connectivity index is 2.49. The van der Waals surface area contributed by atoms with Crippen molar-refractivity contribution in [2.75, 3.05) is 13.7 Å². The highest BCUT2D eigenvalue weighted by Crippen LogP contribution is 2.27. The largest absolute Gasteiger partial charge is 0.477 e. The zero-order valence-electron chi connectivity index (χ0n) is 22.8. The molecular weight excluding hydrogens is 530 g/mol. The summed E-state index contributed by atoms with van der Waals surface area (Å²) in [5, 5.41) is 7.96. The van der Waals surface area contributed by atoms with Crippen LogP contribution in [0.15, 0.2) is 42.2 Å². The molecule has 0 aliphatic carbocycles. The lowest BCUT2D eigenvalue weighted by molar-refractivity contribution is -0.188. The summed E-state index contributed by atoms with van der Waals surface area (Å²) in [6.07, 6.45) is -3.16. The standard InChI is InChI=1S/C26H33N3O11/c1-14(30)28-22-19(29-26(35)27-12-18-9-7-6-8-10-18)11-20(25(34)36-5)40-24(22)23(39-17(4)33)21(38-16(3)32)13-37-15(2)31/h6-11,19,21-24H,12-13H2,1-5H3,(H,28,30)(H2,27,29,35)/t19-,21+,22+,23+,24+/m0/s1. The van der Waals surface area contributed by atoms with Gasteiger partial charge >= 0.3 is 29.9 Å². The molecule has 1 aromatic carbocycles. The van der Waals surface area contributed by atoms with Gasteiger partial charge in [-0.3, -0.25) is 19.2 Å². The number of carbonyl (C=O) groups excluding carboxylic acids is 6. The van der Waals surface area contributed by atoms with Crippen LogP contribution >= 0.6 is 0 Å². The molecule has 5 atom stereocenters. The summed E-state index contributed by atoms with van der Waals surface area (Å²) in [6, 6.07) is 6.11. The van der Waals surface area contributed by atoms with Gasteiger partial charge in [-0.05, 0) is 11.6 Å². The van der Waals surface area contributed by atoms with E-state index in [0.29, 0.717) is 0 Å². The molecule has 2 rings (SSSR count). The van der Waals surface area contributed by atoms with Gasteiger partial charge in [-0.2, -0.15) is 0 Å². The minimum atomic E-state index is -1.53. The molecule has 1 aliphatic rings. The monoisotopic (exact) mass is 563 g/mol. The van der Waals surface area contributed by atoms with Crippen molar-refractivity contribution in [1.29, 1.82) is 0 Å². The molecule has 1 aromatic rings. The third-order valence-corrected chi connectivity index (χ3v) is 5.45. The Morgan fingerprint density at radius 2 is 1.55 bits per heavy atom. The van der Waals surface area contributed by atoms with Crippen molar-refractivity contribution in [1.82, 2.24) is 16.0 Å². The molecule has 0 fully saturated rings. The van der Waals surface area contributed by atoms with E-state index >= 15 is 0 Å². The molecule has 14 nitrogen and oxygen atoms in total.